The van der Waals surface area contributed by atoms with Crippen LogP contribution in [0.3, 0.4) is 0 Å². The molecule has 0 aliphatic carbocycles. The largest absolute Gasteiger partial charge is 0.497 e. The Balaban J connectivity index is 2.26. The summed E-state index contributed by atoms with van der Waals surface area (Å²) in [6, 6.07) is 4.34. The number of ether oxygens (including phenoxy) is 2. The van der Waals surface area contributed by atoms with E-state index in [1.165, 1.54) is 7.11 Å². The fourth-order valence-electron chi connectivity index (χ4n) is 3.62. The van der Waals surface area contributed by atoms with E-state index in [2.05, 4.69) is 30.6 Å². The first-order chi connectivity index (χ1) is 11.9. The molecule has 6 nitrogen and oxygen atoms in total. The lowest BCUT2D eigenvalue weighted by molar-refractivity contribution is 0.0449. The molecule has 1 aliphatic rings. The Morgan fingerprint density at radius 3 is 2.52 bits per heavy atom. The molecule has 0 aromatic heterocycles. The van der Waals surface area contributed by atoms with E-state index in [1.54, 1.807) is 19.2 Å². The molecule has 0 unspecified atom stereocenters. The van der Waals surface area contributed by atoms with Gasteiger partial charge in [-0.05, 0) is 26.3 Å². The third-order valence-electron chi connectivity index (χ3n) is 5.00. The first-order valence-corrected chi connectivity index (χ1v) is 8.87. The molecule has 2 rings (SSSR count). The normalized spacial score (nSPS) is 19.2. The second-order valence-corrected chi connectivity index (χ2v) is 6.79. The van der Waals surface area contributed by atoms with Gasteiger partial charge in [0.15, 0.2) is 0 Å². The first kappa shape index (κ1) is 19.5. The van der Waals surface area contributed by atoms with E-state index >= 15 is 0 Å². The van der Waals surface area contributed by atoms with E-state index in [4.69, 9.17) is 9.47 Å². The van der Waals surface area contributed by atoms with Gasteiger partial charge in [0.25, 0.3) is 0 Å². The number of piperazine rings is 1. The SMILES string of the molecule is CC[C@H]1CN(Cc2c(OC)cc(OC)cc2C(=O)O)CCN1C(C)C. The lowest BCUT2D eigenvalue weighted by Crippen LogP contribution is -2.54. The fraction of sp³-hybridized carbons (Fsp3) is 0.632. The number of carboxylic acid groups (broad SMARTS) is 1. The highest BCUT2D eigenvalue weighted by Gasteiger charge is 2.29. The van der Waals surface area contributed by atoms with E-state index in [1.807, 2.05) is 0 Å². The Morgan fingerprint density at radius 1 is 1.28 bits per heavy atom. The molecule has 25 heavy (non-hydrogen) atoms. The topological polar surface area (TPSA) is 62.2 Å². The van der Waals surface area contributed by atoms with Crippen LogP contribution in [-0.2, 0) is 6.54 Å². The highest BCUT2D eigenvalue weighted by atomic mass is 16.5. The molecule has 0 radical (unpaired) electrons. The van der Waals surface area contributed by atoms with Crippen LogP contribution in [0.15, 0.2) is 12.1 Å². The minimum Gasteiger partial charge on any atom is -0.497 e. The van der Waals surface area contributed by atoms with Crippen LogP contribution in [0, 0.1) is 0 Å². The van der Waals surface area contributed by atoms with Gasteiger partial charge in [0.2, 0.25) is 0 Å². The predicted octanol–water partition coefficient (Wildman–Crippen LogP) is 2.71. The quantitative estimate of drug-likeness (QED) is 0.816. The number of nitrogens with zero attached hydrogens (tertiary/aromatic N) is 2. The number of carboxylic acids is 1. The van der Waals surface area contributed by atoms with Gasteiger partial charge in [-0.15, -0.1) is 0 Å². The van der Waals surface area contributed by atoms with Gasteiger partial charge in [-0.2, -0.15) is 0 Å². The van der Waals surface area contributed by atoms with E-state index in [0.29, 0.717) is 35.7 Å². The summed E-state index contributed by atoms with van der Waals surface area (Å²) in [4.78, 5) is 16.6. The zero-order chi connectivity index (χ0) is 18.6. The van der Waals surface area contributed by atoms with Crippen molar-refractivity contribution >= 4 is 5.97 Å². The Kier molecular flexibility index (Phi) is 6.67. The fourth-order valence-corrected chi connectivity index (χ4v) is 3.62. The molecule has 1 aliphatic heterocycles. The van der Waals surface area contributed by atoms with Crippen LogP contribution >= 0.6 is 0 Å². The lowest BCUT2D eigenvalue weighted by atomic mass is 10.0. The molecule has 6 heteroatoms. The first-order valence-electron chi connectivity index (χ1n) is 8.87. The molecule has 1 atom stereocenters. The second kappa shape index (κ2) is 8.54. The zero-order valence-electron chi connectivity index (χ0n) is 15.9. The summed E-state index contributed by atoms with van der Waals surface area (Å²) in [5.74, 6) is 0.102. The number of rotatable bonds is 7. The van der Waals surface area contributed by atoms with Crippen molar-refractivity contribution in [3.8, 4) is 11.5 Å². The van der Waals surface area contributed by atoms with E-state index < -0.39 is 5.97 Å². The molecule has 1 aromatic rings. The molecule has 140 valence electrons. The second-order valence-electron chi connectivity index (χ2n) is 6.79. The molecule has 0 amide bonds. The highest BCUT2D eigenvalue weighted by molar-refractivity contribution is 5.91. The number of carbonyl (C=O) groups is 1. The van der Waals surface area contributed by atoms with Crippen molar-refractivity contribution in [2.24, 2.45) is 0 Å². The summed E-state index contributed by atoms with van der Waals surface area (Å²) in [7, 11) is 3.09. The van der Waals surface area contributed by atoms with Crippen molar-refractivity contribution in [1.82, 2.24) is 9.80 Å². The number of aromatic carboxylic acids is 1. The average molecular weight is 350 g/mol. The molecule has 1 saturated heterocycles. The maximum Gasteiger partial charge on any atom is 0.336 e. The number of hydrogen-bond donors (Lipinski definition) is 1. The van der Waals surface area contributed by atoms with Gasteiger partial charge in [-0.3, -0.25) is 9.80 Å². The minimum atomic E-state index is -0.958. The van der Waals surface area contributed by atoms with Crippen molar-refractivity contribution in [1.29, 1.82) is 0 Å². The van der Waals surface area contributed by atoms with Gasteiger partial charge in [0, 0.05) is 49.9 Å². The van der Waals surface area contributed by atoms with Gasteiger partial charge in [-0.25, -0.2) is 4.79 Å². The van der Waals surface area contributed by atoms with Crippen LogP contribution in [0.1, 0.15) is 43.1 Å². The van der Waals surface area contributed by atoms with Gasteiger partial charge in [0.1, 0.15) is 11.5 Å². The molecule has 0 bridgehead atoms. The van der Waals surface area contributed by atoms with Crippen molar-refractivity contribution in [3.05, 3.63) is 23.3 Å². The third kappa shape index (κ3) is 4.44. The van der Waals surface area contributed by atoms with Crippen LogP contribution < -0.4 is 9.47 Å². The van der Waals surface area contributed by atoms with Gasteiger partial charge >= 0.3 is 5.97 Å². The predicted molar refractivity (Wildman–Crippen MR) is 97.7 cm³/mol. The smallest absolute Gasteiger partial charge is 0.336 e. The van der Waals surface area contributed by atoms with Crippen LogP contribution in [0.4, 0.5) is 0 Å². The molecule has 1 aromatic carbocycles. The summed E-state index contributed by atoms with van der Waals surface area (Å²) >= 11 is 0. The lowest BCUT2D eigenvalue weighted by Gasteiger charge is -2.43. The van der Waals surface area contributed by atoms with Crippen LogP contribution in [0.2, 0.25) is 0 Å². The molecule has 1 heterocycles. The average Bonchev–Trinajstić information content (AvgIpc) is 2.61. The molecule has 0 spiro atoms. The number of benzene rings is 1. The number of methoxy groups -OCH3 is 2. The Bertz CT molecular complexity index is 603. The van der Waals surface area contributed by atoms with E-state index in [9.17, 15) is 9.90 Å². The summed E-state index contributed by atoms with van der Waals surface area (Å²) in [5, 5.41) is 9.61. The monoisotopic (exact) mass is 350 g/mol. The van der Waals surface area contributed by atoms with Gasteiger partial charge in [-0.1, -0.05) is 6.92 Å². The maximum absolute atomic E-state index is 11.7. The molecule has 0 saturated carbocycles. The summed E-state index contributed by atoms with van der Waals surface area (Å²) in [6.07, 6.45) is 1.08. The van der Waals surface area contributed by atoms with Crippen LogP contribution in [-0.4, -0.2) is 66.8 Å². The zero-order valence-corrected chi connectivity index (χ0v) is 15.9. The summed E-state index contributed by atoms with van der Waals surface area (Å²) in [5.41, 5.74) is 0.958. The Morgan fingerprint density at radius 2 is 2.00 bits per heavy atom. The molecular formula is C19H30N2O4. The summed E-state index contributed by atoms with van der Waals surface area (Å²) in [6.45, 7) is 10.1. The maximum atomic E-state index is 11.7. The van der Waals surface area contributed by atoms with Crippen molar-refractivity contribution in [2.75, 3.05) is 33.9 Å². The highest BCUT2D eigenvalue weighted by Crippen LogP contribution is 2.31. The molecular weight excluding hydrogens is 320 g/mol. The van der Waals surface area contributed by atoms with E-state index in [-0.39, 0.29) is 5.56 Å². The van der Waals surface area contributed by atoms with Crippen molar-refractivity contribution < 1.29 is 19.4 Å². The Hall–Kier alpha value is -1.79. The van der Waals surface area contributed by atoms with Gasteiger partial charge in [0.05, 0.1) is 19.8 Å². The summed E-state index contributed by atoms with van der Waals surface area (Å²) < 4.78 is 10.7. The van der Waals surface area contributed by atoms with Crippen LogP contribution in [0.5, 0.6) is 11.5 Å². The van der Waals surface area contributed by atoms with E-state index in [0.717, 1.165) is 26.1 Å². The van der Waals surface area contributed by atoms with Crippen molar-refractivity contribution in [3.63, 3.8) is 0 Å². The molecule has 1 N–H and O–H groups in total. The standard InChI is InChI=1S/C19H30N2O4/c1-6-14-11-20(7-8-21(14)13(2)3)12-17-16(19(22)23)9-15(24-4)10-18(17)25-5/h9-10,13-14H,6-8,11-12H2,1-5H3,(H,22,23)/t14-/m0/s1. The third-order valence-corrected chi connectivity index (χ3v) is 5.00. The Labute approximate surface area is 150 Å². The van der Waals surface area contributed by atoms with Gasteiger partial charge < -0.3 is 14.6 Å². The number of hydrogen-bond acceptors (Lipinski definition) is 5. The minimum absolute atomic E-state index is 0.246. The van der Waals surface area contributed by atoms with Crippen molar-refractivity contribution in [2.45, 2.75) is 45.8 Å². The van der Waals surface area contributed by atoms with Crippen LogP contribution in [0.25, 0.3) is 0 Å². The molecule has 1 fully saturated rings.